The third-order valence-electron chi connectivity index (χ3n) is 2.21. The van der Waals surface area contributed by atoms with E-state index in [-0.39, 0.29) is 5.56 Å². The summed E-state index contributed by atoms with van der Waals surface area (Å²) in [6, 6.07) is 4.00. The van der Waals surface area contributed by atoms with Crippen LogP contribution in [-0.4, -0.2) is 5.33 Å². The zero-order valence-electron chi connectivity index (χ0n) is 8.06. The first-order valence-corrected chi connectivity index (χ1v) is 5.76. The van der Waals surface area contributed by atoms with Gasteiger partial charge in [-0.2, -0.15) is 0 Å². The average Bonchev–Trinajstić information content (AvgIpc) is 2.16. The van der Waals surface area contributed by atoms with E-state index in [1.54, 1.807) is 0 Å². The van der Waals surface area contributed by atoms with Crippen LogP contribution >= 0.6 is 15.9 Å². The van der Waals surface area contributed by atoms with Gasteiger partial charge >= 0.3 is 0 Å². The summed E-state index contributed by atoms with van der Waals surface area (Å²) in [4.78, 5) is 0. The molecule has 78 valence electrons. The van der Waals surface area contributed by atoms with Crippen LogP contribution in [0.15, 0.2) is 18.2 Å². The predicted octanol–water partition coefficient (Wildman–Crippen LogP) is 3.93. The van der Waals surface area contributed by atoms with E-state index < -0.39 is 11.6 Å². The van der Waals surface area contributed by atoms with Gasteiger partial charge < -0.3 is 0 Å². The lowest BCUT2D eigenvalue weighted by atomic mass is 10.0. The molecule has 3 heteroatoms. The Balaban J connectivity index is 2.66. The lowest BCUT2D eigenvalue weighted by molar-refractivity contribution is 0.526. The number of hydrogen-bond donors (Lipinski definition) is 0. The summed E-state index contributed by atoms with van der Waals surface area (Å²) in [6.07, 6.45) is 1.26. The van der Waals surface area contributed by atoms with E-state index in [9.17, 15) is 8.78 Å². The van der Waals surface area contributed by atoms with Gasteiger partial charge in [0.05, 0.1) is 0 Å². The summed E-state index contributed by atoms with van der Waals surface area (Å²) in [6.45, 7) is 2.05. The Morgan fingerprint density at radius 3 is 2.36 bits per heavy atom. The van der Waals surface area contributed by atoms with Gasteiger partial charge in [0.25, 0.3) is 0 Å². The van der Waals surface area contributed by atoms with Crippen molar-refractivity contribution in [2.75, 3.05) is 5.33 Å². The fourth-order valence-electron chi connectivity index (χ4n) is 1.24. The smallest absolute Gasteiger partial charge is 0.129 e. The second-order valence-corrected chi connectivity index (χ2v) is 4.15. The zero-order valence-corrected chi connectivity index (χ0v) is 9.65. The molecule has 0 aromatic heterocycles. The SMILES string of the molecule is CC(CBr)CCc1c(F)cccc1F. The van der Waals surface area contributed by atoms with Crippen LogP contribution in [0.3, 0.4) is 0 Å². The lowest BCUT2D eigenvalue weighted by Crippen LogP contribution is -2.02. The molecule has 0 saturated carbocycles. The molecule has 0 radical (unpaired) electrons. The molecule has 14 heavy (non-hydrogen) atoms. The van der Waals surface area contributed by atoms with E-state index in [0.717, 1.165) is 11.8 Å². The van der Waals surface area contributed by atoms with Crippen molar-refractivity contribution in [1.29, 1.82) is 0 Å². The molecule has 1 unspecified atom stereocenters. The molecule has 0 fully saturated rings. The first kappa shape index (κ1) is 11.6. The molecule has 0 bridgehead atoms. The number of halogens is 3. The highest BCUT2D eigenvalue weighted by Crippen LogP contribution is 2.17. The highest BCUT2D eigenvalue weighted by Gasteiger charge is 2.09. The monoisotopic (exact) mass is 262 g/mol. The Morgan fingerprint density at radius 1 is 1.29 bits per heavy atom. The minimum atomic E-state index is -0.438. The lowest BCUT2D eigenvalue weighted by Gasteiger charge is -2.08. The molecule has 0 nitrogen and oxygen atoms in total. The Morgan fingerprint density at radius 2 is 1.86 bits per heavy atom. The third-order valence-corrected chi connectivity index (χ3v) is 3.32. The highest BCUT2D eigenvalue weighted by molar-refractivity contribution is 9.09. The van der Waals surface area contributed by atoms with Gasteiger partial charge in [-0.15, -0.1) is 0 Å². The van der Waals surface area contributed by atoms with Crippen LogP contribution in [-0.2, 0) is 6.42 Å². The fourth-order valence-corrected chi connectivity index (χ4v) is 1.56. The van der Waals surface area contributed by atoms with Crippen LogP contribution in [0.4, 0.5) is 8.78 Å². The van der Waals surface area contributed by atoms with Gasteiger partial charge in [0.2, 0.25) is 0 Å². The van der Waals surface area contributed by atoms with E-state index in [1.165, 1.54) is 18.2 Å². The quantitative estimate of drug-likeness (QED) is 0.722. The van der Waals surface area contributed by atoms with Crippen molar-refractivity contribution in [2.45, 2.75) is 19.8 Å². The second kappa shape index (κ2) is 5.44. The Bertz CT molecular complexity index is 279. The van der Waals surface area contributed by atoms with Crippen LogP contribution < -0.4 is 0 Å². The fraction of sp³-hybridized carbons (Fsp3) is 0.455. The molecule has 1 rings (SSSR count). The first-order chi connectivity index (χ1) is 6.65. The molecule has 0 heterocycles. The van der Waals surface area contributed by atoms with Crippen molar-refractivity contribution in [3.8, 4) is 0 Å². The molecular formula is C11H13BrF2. The van der Waals surface area contributed by atoms with Gasteiger partial charge in [-0.1, -0.05) is 28.9 Å². The topological polar surface area (TPSA) is 0 Å². The number of benzene rings is 1. The predicted molar refractivity (Wildman–Crippen MR) is 57.6 cm³/mol. The van der Waals surface area contributed by atoms with Crippen molar-refractivity contribution < 1.29 is 8.78 Å². The maximum absolute atomic E-state index is 13.2. The third kappa shape index (κ3) is 3.05. The first-order valence-electron chi connectivity index (χ1n) is 4.64. The van der Waals surface area contributed by atoms with Crippen molar-refractivity contribution in [1.82, 2.24) is 0 Å². The van der Waals surface area contributed by atoms with E-state index in [1.807, 2.05) is 6.92 Å². The van der Waals surface area contributed by atoms with Crippen molar-refractivity contribution in [3.05, 3.63) is 35.4 Å². The summed E-state index contributed by atoms with van der Waals surface area (Å²) in [7, 11) is 0. The van der Waals surface area contributed by atoms with E-state index in [4.69, 9.17) is 0 Å². The molecule has 1 atom stereocenters. The molecule has 0 spiro atoms. The molecule has 0 aliphatic rings. The van der Waals surface area contributed by atoms with Crippen LogP contribution in [0, 0.1) is 17.6 Å². The van der Waals surface area contributed by atoms with Crippen LogP contribution in [0.5, 0.6) is 0 Å². The number of alkyl halides is 1. The van der Waals surface area contributed by atoms with Gasteiger partial charge in [-0.05, 0) is 30.9 Å². The summed E-state index contributed by atoms with van der Waals surface area (Å²) in [5.74, 6) is -0.437. The Hall–Kier alpha value is -0.440. The zero-order chi connectivity index (χ0) is 10.6. The standard InChI is InChI=1S/C11H13BrF2/c1-8(7-12)5-6-9-10(13)3-2-4-11(9)14/h2-4,8H,5-7H2,1H3. The van der Waals surface area contributed by atoms with E-state index in [0.29, 0.717) is 12.3 Å². The summed E-state index contributed by atoms with van der Waals surface area (Å²) >= 11 is 3.34. The molecule has 0 N–H and O–H groups in total. The molecule has 0 saturated heterocycles. The van der Waals surface area contributed by atoms with E-state index in [2.05, 4.69) is 15.9 Å². The van der Waals surface area contributed by atoms with Gasteiger partial charge in [-0.25, -0.2) is 8.78 Å². The van der Waals surface area contributed by atoms with Gasteiger partial charge in [0.1, 0.15) is 11.6 Å². The van der Waals surface area contributed by atoms with Crippen molar-refractivity contribution >= 4 is 15.9 Å². The minimum absolute atomic E-state index is 0.209. The molecule has 0 amide bonds. The molecular weight excluding hydrogens is 250 g/mol. The second-order valence-electron chi connectivity index (χ2n) is 3.50. The average molecular weight is 263 g/mol. The number of hydrogen-bond acceptors (Lipinski definition) is 0. The normalized spacial score (nSPS) is 12.9. The Labute approximate surface area is 91.5 Å². The maximum atomic E-state index is 13.2. The number of rotatable bonds is 4. The maximum Gasteiger partial charge on any atom is 0.129 e. The molecule has 0 aliphatic carbocycles. The minimum Gasteiger partial charge on any atom is -0.207 e. The summed E-state index contributed by atoms with van der Waals surface area (Å²) in [5.41, 5.74) is 0.209. The molecule has 1 aromatic carbocycles. The van der Waals surface area contributed by atoms with Crippen molar-refractivity contribution in [3.63, 3.8) is 0 Å². The Kier molecular flexibility index (Phi) is 4.52. The van der Waals surface area contributed by atoms with E-state index >= 15 is 0 Å². The highest BCUT2D eigenvalue weighted by atomic mass is 79.9. The van der Waals surface area contributed by atoms with Crippen LogP contribution in [0.25, 0.3) is 0 Å². The summed E-state index contributed by atoms with van der Waals surface area (Å²) < 4.78 is 26.3. The van der Waals surface area contributed by atoms with Gasteiger partial charge in [0.15, 0.2) is 0 Å². The van der Waals surface area contributed by atoms with Gasteiger partial charge in [-0.3, -0.25) is 0 Å². The molecule has 0 aliphatic heterocycles. The van der Waals surface area contributed by atoms with Gasteiger partial charge in [0, 0.05) is 10.9 Å². The van der Waals surface area contributed by atoms with Crippen LogP contribution in [0.1, 0.15) is 18.9 Å². The van der Waals surface area contributed by atoms with Crippen molar-refractivity contribution in [2.24, 2.45) is 5.92 Å². The largest absolute Gasteiger partial charge is 0.207 e. The molecule has 1 aromatic rings. The van der Waals surface area contributed by atoms with Crippen LogP contribution in [0.2, 0.25) is 0 Å². The summed E-state index contributed by atoms with van der Waals surface area (Å²) in [5, 5.41) is 0.864.